The fourth-order valence-corrected chi connectivity index (χ4v) is 5.63. The molecule has 3 unspecified atom stereocenters. The number of hydrogen-bond acceptors (Lipinski definition) is 7. The molecular weight excluding hydrogens is 568 g/mol. The Morgan fingerprint density at radius 3 is 2.23 bits per heavy atom. The number of benzene rings is 3. The largest absolute Gasteiger partial charge is 0.478 e. The van der Waals surface area contributed by atoms with E-state index in [2.05, 4.69) is 10.6 Å². The highest BCUT2D eigenvalue weighted by Crippen LogP contribution is 2.39. The molecule has 0 spiro atoms. The van der Waals surface area contributed by atoms with Crippen molar-refractivity contribution in [3.63, 3.8) is 0 Å². The lowest BCUT2D eigenvalue weighted by molar-refractivity contribution is -0.245. The Kier molecular flexibility index (Phi) is 12.2. The Labute approximate surface area is 256 Å². The molecule has 1 fully saturated rings. The summed E-state index contributed by atoms with van der Waals surface area (Å²) in [6.45, 7) is 2.09. The molecule has 0 bridgehead atoms. The van der Waals surface area contributed by atoms with E-state index < -0.39 is 12.3 Å². The predicted octanol–water partition coefficient (Wildman–Crippen LogP) is 5.85. The van der Waals surface area contributed by atoms with Crippen molar-refractivity contribution in [1.29, 1.82) is 0 Å². The second-order valence-electron chi connectivity index (χ2n) is 10.5. The lowest BCUT2D eigenvalue weighted by Crippen LogP contribution is -2.31. The van der Waals surface area contributed by atoms with E-state index in [-0.39, 0.29) is 36.2 Å². The molecule has 43 heavy (non-hydrogen) atoms. The number of aliphatic hydroxyl groups is 1. The maximum Gasteiger partial charge on any atom is 0.335 e. The van der Waals surface area contributed by atoms with Gasteiger partial charge in [-0.1, -0.05) is 42.8 Å². The van der Waals surface area contributed by atoms with Crippen molar-refractivity contribution < 1.29 is 34.1 Å². The van der Waals surface area contributed by atoms with Gasteiger partial charge in [-0.25, -0.2) is 4.79 Å². The van der Waals surface area contributed by atoms with Crippen LogP contribution in [0.15, 0.2) is 77.7 Å². The Morgan fingerprint density at radius 1 is 0.884 bits per heavy atom. The topological polar surface area (TPSA) is 134 Å². The van der Waals surface area contributed by atoms with E-state index >= 15 is 0 Å². The van der Waals surface area contributed by atoms with Gasteiger partial charge in [0, 0.05) is 48.2 Å². The van der Waals surface area contributed by atoms with Crippen molar-refractivity contribution >= 4 is 35.2 Å². The molecule has 0 saturated carbocycles. The van der Waals surface area contributed by atoms with Gasteiger partial charge in [-0.15, -0.1) is 11.8 Å². The number of anilines is 1. The highest BCUT2D eigenvalue weighted by Gasteiger charge is 2.32. The number of carbonyl (C=O) groups excluding carboxylic acids is 2. The first-order valence-corrected chi connectivity index (χ1v) is 15.4. The highest BCUT2D eigenvalue weighted by molar-refractivity contribution is 7.99. The Hall–Kier alpha value is -3.70. The van der Waals surface area contributed by atoms with Crippen molar-refractivity contribution in [3.05, 3.63) is 95.1 Å². The number of nitrogens with one attached hydrogen (secondary N) is 2. The monoisotopic (exact) mass is 606 g/mol. The molecule has 0 aliphatic carbocycles. The van der Waals surface area contributed by atoms with Crippen LogP contribution in [-0.2, 0) is 25.7 Å². The van der Waals surface area contributed by atoms with Crippen LogP contribution in [0.1, 0.15) is 78.5 Å². The fourth-order valence-electron chi connectivity index (χ4n) is 4.70. The van der Waals surface area contributed by atoms with Crippen LogP contribution in [0.25, 0.3) is 0 Å². The van der Waals surface area contributed by atoms with E-state index in [0.29, 0.717) is 30.8 Å². The molecular formula is C33H38N2O7S. The molecule has 0 radical (unpaired) electrons. The van der Waals surface area contributed by atoms with Gasteiger partial charge in [0.15, 0.2) is 6.29 Å². The maximum absolute atomic E-state index is 12.4. The summed E-state index contributed by atoms with van der Waals surface area (Å²) in [6.07, 6.45) is 2.50. The summed E-state index contributed by atoms with van der Waals surface area (Å²) in [5.74, 6) is -0.409. The summed E-state index contributed by atoms with van der Waals surface area (Å²) in [6, 6.07) is 21.9. The molecule has 0 aromatic heterocycles. The zero-order valence-corrected chi connectivity index (χ0v) is 25.0. The molecule has 10 heteroatoms. The summed E-state index contributed by atoms with van der Waals surface area (Å²) in [4.78, 5) is 35.4. The molecule has 4 rings (SSSR count). The van der Waals surface area contributed by atoms with E-state index in [4.69, 9.17) is 14.6 Å². The molecule has 1 heterocycles. The minimum atomic E-state index is -0.956. The average Bonchev–Trinajstić information content (AvgIpc) is 3.02. The Balaban J connectivity index is 1.37. The molecule has 4 N–H and O–H groups in total. The molecule has 1 aliphatic rings. The van der Waals surface area contributed by atoms with Crippen molar-refractivity contribution in [2.24, 2.45) is 0 Å². The van der Waals surface area contributed by atoms with Crippen molar-refractivity contribution in [2.75, 3.05) is 17.6 Å². The summed E-state index contributed by atoms with van der Waals surface area (Å²) in [7, 11) is 0. The molecule has 3 atom stereocenters. The summed E-state index contributed by atoms with van der Waals surface area (Å²) < 4.78 is 12.8. The SMILES string of the molecule is CC(=O)NCCCCCC(=O)Nc1ccc(C2OC(CSc3ccc(C(=O)O)cc3)CC(c3ccc(CO)cc3)O2)cc1. The van der Waals surface area contributed by atoms with E-state index in [1.807, 2.05) is 48.5 Å². The number of thioether (sulfide) groups is 1. The van der Waals surface area contributed by atoms with Gasteiger partial charge >= 0.3 is 5.97 Å². The quantitative estimate of drug-likeness (QED) is 0.133. The van der Waals surface area contributed by atoms with Crippen molar-refractivity contribution in [1.82, 2.24) is 5.32 Å². The molecule has 2 amide bonds. The van der Waals surface area contributed by atoms with Crippen molar-refractivity contribution in [3.8, 4) is 0 Å². The normalized spacial score (nSPS) is 18.1. The van der Waals surface area contributed by atoms with Gasteiger partial charge in [0.25, 0.3) is 0 Å². The number of carboxylic acid groups (broad SMARTS) is 1. The van der Waals surface area contributed by atoms with E-state index in [1.54, 1.807) is 36.0 Å². The van der Waals surface area contributed by atoms with Crippen LogP contribution in [0.4, 0.5) is 5.69 Å². The third kappa shape index (κ3) is 10.2. The van der Waals surface area contributed by atoms with Crippen LogP contribution in [0.5, 0.6) is 0 Å². The van der Waals surface area contributed by atoms with E-state index in [9.17, 15) is 19.5 Å². The van der Waals surface area contributed by atoms with Gasteiger partial charge in [0.1, 0.15) is 0 Å². The zero-order valence-electron chi connectivity index (χ0n) is 24.2. The van der Waals surface area contributed by atoms with Crippen LogP contribution in [0.2, 0.25) is 0 Å². The summed E-state index contributed by atoms with van der Waals surface area (Å²) in [5, 5.41) is 24.3. The van der Waals surface area contributed by atoms with Crippen LogP contribution < -0.4 is 10.6 Å². The highest BCUT2D eigenvalue weighted by atomic mass is 32.2. The third-order valence-corrected chi connectivity index (χ3v) is 8.22. The minimum absolute atomic E-state index is 0.0288. The van der Waals surface area contributed by atoms with Gasteiger partial charge in [0.05, 0.1) is 24.4 Å². The molecule has 3 aromatic rings. The van der Waals surface area contributed by atoms with Crippen LogP contribution in [-0.4, -0.2) is 46.4 Å². The molecule has 1 aliphatic heterocycles. The molecule has 9 nitrogen and oxygen atoms in total. The number of unbranched alkanes of at least 4 members (excludes halogenated alkanes) is 2. The van der Waals surface area contributed by atoms with Crippen LogP contribution in [0.3, 0.4) is 0 Å². The smallest absolute Gasteiger partial charge is 0.335 e. The van der Waals surface area contributed by atoms with E-state index in [0.717, 1.165) is 40.8 Å². The van der Waals surface area contributed by atoms with Crippen molar-refractivity contribution in [2.45, 2.75) is 69.0 Å². The first-order valence-electron chi connectivity index (χ1n) is 14.4. The number of carboxylic acids is 1. The second kappa shape index (κ2) is 16.2. The predicted molar refractivity (Wildman–Crippen MR) is 165 cm³/mol. The van der Waals surface area contributed by atoms with Gasteiger partial charge in [-0.05, 0) is 60.4 Å². The maximum atomic E-state index is 12.4. The fraction of sp³-hybridized carbons (Fsp3) is 0.364. The summed E-state index contributed by atoms with van der Waals surface area (Å²) in [5.41, 5.74) is 3.58. The number of carbonyl (C=O) groups is 3. The van der Waals surface area contributed by atoms with Gasteiger partial charge in [-0.3, -0.25) is 9.59 Å². The summed E-state index contributed by atoms with van der Waals surface area (Å²) >= 11 is 1.60. The number of amides is 2. The minimum Gasteiger partial charge on any atom is -0.478 e. The standard InChI is InChI=1S/C33H38N2O7S/c1-22(37)34-18-4-2-3-5-31(38)35-27-14-10-26(11-15-27)33-41-28(21-43-29-16-12-25(13-17-29)32(39)40)19-30(42-33)24-8-6-23(20-36)7-9-24/h6-17,28,30,33,36H,2-5,18-21H2,1H3,(H,34,37)(H,35,38)(H,39,40). The lowest BCUT2D eigenvalue weighted by Gasteiger charge is -2.36. The number of rotatable bonds is 14. The zero-order chi connectivity index (χ0) is 30.6. The number of hydrogen-bond donors (Lipinski definition) is 4. The van der Waals surface area contributed by atoms with Crippen LogP contribution in [0, 0.1) is 0 Å². The van der Waals surface area contributed by atoms with Gasteiger partial charge in [-0.2, -0.15) is 0 Å². The van der Waals surface area contributed by atoms with E-state index in [1.165, 1.54) is 6.92 Å². The second-order valence-corrected chi connectivity index (χ2v) is 11.5. The lowest BCUT2D eigenvalue weighted by atomic mass is 10.0. The van der Waals surface area contributed by atoms with Gasteiger partial charge < -0.3 is 30.3 Å². The first-order chi connectivity index (χ1) is 20.8. The van der Waals surface area contributed by atoms with Gasteiger partial charge in [0.2, 0.25) is 11.8 Å². The van der Waals surface area contributed by atoms with Crippen LogP contribution >= 0.6 is 11.8 Å². The average molecular weight is 607 g/mol. The number of aromatic carboxylic acids is 1. The molecule has 228 valence electrons. The molecule has 1 saturated heterocycles. The number of aliphatic hydroxyl groups excluding tert-OH is 1. The third-order valence-electron chi connectivity index (χ3n) is 7.07. The Morgan fingerprint density at radius 2 is 1.58 bits per heavy atom. The Bertz CT molecular complexity index is 1350. The first kappa shape index (κ1) is 32.2. The number of ether oxygens (including phenoxy) is 2. The molecule has 3 aromatic carbocycles.